The maximum atomic E-state index is 12.9. The number of nitrogens with zero attached hydrogens (tertiary/aromatic N) is 2. The van der Waals surface area contributed by atoms with Crippen LogP contribution in [0.1, 0.15) is 16.8 Å². The van der Waals surface area contributed by atoms with E-state index < -0.39 is 0 Å². The Bertz CT molecular complexity index is 948. The number of rotatable bonds is 5. The van der Waals surface area contributed by atoms with Gasteiger partial charge in [-0.3, -0.25) is 4.79 Å². The highest BCUT2D eigenvalue weighted by molar-refractivity contribution is 6.31. The fourth-order valence-electron chi connectivity index (χ4n) is 2.46. The summed E-state index contributed by atoms with van der Waals surface area (Å²) in [7, 11) is 0. The smallest absolute Gasteiger partial charge is 0.244 e. The summed E-state index contributed by atoms with van der Waals surface area (Å²) in [5.41, 5.74) is 5.91. The van der Waals surface area contributed by atoms with Crippen LogP contribution in [0.25, 0.3) is 5.69 Å². The molecule has 0 unspecified atom stereocenters. The van der Waals surface area contributed by atoms with Gasteiger partial charge in [0.1, 0.15) is 5.82 Å². The maximum absolute atomic E-state index is 12.9. The summed E-state index contributed by atoms with van der Waals surface area (Å²) >= 11 is 6.19. The van der Waals surface area contributed by atoms with Crippen LogP contribution in [0.2, 0.25) is 5.02 Å². The molecule has 26 heavy (non-hydrogen) atoms. The molecule has 1 aromatic heterocycles. The molecule has 3 aromatic rings. The van der Waals surface area contributed by atoms with Crippen LogP contribution in [0, 0.1) is 12.7 Å². The predicted molar refractivity (Wildman–Crippen MR) is 101 cm³/mol. The Labute approximate surface area is 155 Å². The fraction of sp³-hybridized carbons (Fsp3) is 0.100. The molecule has 0 fully saturated rings. The molecule has 2 aromatic carbocycles. The van der Waals surface area contributed by atoms with Crippen molar-refractivity contribution < 1.29 is 9.18 Å². The lowest BCUT2D eigenvalue weighted by atomic mass is 10.1. The van der Waals surface area contributed by atoms with Gasteiger partial charge < -0.3 is 4.57 Å². The van der Waals surface area contributed by atoms with E-state index in [0.29, 0.717) is 5.02 Å². The van der Waals surface area contributed by atoms with Gasteiger partial charge in [-0.25, -0.2) is 9.82 Å². The number of hydrazone groups is 1. The van der Waals surface area contributed by atoms with Crippen LogP contribution in [-0.2, 0) is 11.2 Å². The number of aryl methyl sites for hydroxylation is 1. The molecule has 1 heterocycles. The topological polar surface area (TPSA) is 46.4 Å². The molecular formula is C20H17ClFN3O. The molecule has 4 nitrogen and oxygen atoms in total. The van der Waals surface area contributed by atoms with Crippen molar-refractivity contribution in [3.63, 3.8) is 0 Å². The first-order valence-electron chi connectivity index (χ1n) is 8.03. The molecule has 3 rings (SSSR count). The zero-order valence-electron chi connectivity index (χ0n) is 14.1. The summed E-state index contributed by atoms with van der Waals surface area (Å²) in [5.74, 6) is -0.603. The van der Waals surface area contributed by atoms with Crippen molar-refractivity contribution >= 4 is 23.7 Å². The lowest BCUT2D eigenvalue weighted by Crippen LogP contribution is -2.20. The van der Waals surface area contributed by atoms with E-state index in [1.165, 1.54) is 12.1 Å². The lowest BCUT2D eigenvalue weighted by molar-refractivity contribution is -0.120. The summed E-state index contributed by atoms with van der Waals surface area (Å²) in [5, 5.41) is 4.69. The predicted octanol–water partition coefficient (Wildman–Crippen LogP) is 4.27. The highest BCUT2D eigenvalue weighted by Gasteiger charge is 2.05. The number of hydrogen-bond acceptors (Lipinski definition) is 2. The van der Waals surface area contributed by atoms with Crippen LogP contribution in [0.4, 0.5) is 4.39 Å². The summed E-state index contributed by atoms with van der Waals surface area (Å²) in [6, 6.07) is 15.3. The van der Waals surface area contributed by atoms with Gasteiger partial charge in [0.05, 0.1) is 18.3 Å². The Kier molecular flexibility index (Phi) is 5.49. The van der Waals surface area contributed by atoms with E-state index in [1.54, 1.807) is 18.3 Å². The van der Waals surface area contributed by atoms with Crippen molar-refractivity contribution in [3.05, 3.63) is 88.5 Å². The number of carbonyl (C=O) groups is 1. The molecule has 0 radical (unpaired) electrons. The van der Waals surface area contributed by atoms with Crippen molar-refractivity contribution in [1.82, 2.24) is 9.99 Å². The van der Waals surface area contributed by atoms with E-state index in [2.05, 4.69) is 10.5 Å². The van der Waals surface area contributed by atoms with Gasteiger partial charge in [-0.2, -0.15) is 5.10 Å². The van der Waals surface area contributed by atoms with Crippen LogP contribution in [0.3, 0.4) is 0 Å². The van der Waals surface area contributed by atoms with Crippen LogP contribution in [0.5, 0.6) is 0 Å². The first kappa shape index (κ1) is 17.9. The summed E-state index contributed by atoms with van der Waals surface area (Å²) in [6.07, 6.45) is 3.59. The molecule has 0 atom stereocenters. The number of aromatic nitrogens is 1. The second kappa shape index (κ2) is 7.97. The zero-order valence-corrected chi connectivity index (χ0v) is 14.9. The Morgan fingerprint density at radius 1 is 1.23 bits per heavy atom. The van der Waals surface area contributed by atoms with Crippen molar-refractivity contribution in [3.8, 4) is 5.69 Å². The third-order valence-electron chi connectivity index (χ3n) is 3.88. The second-order valence-electron chi connectivity index (χ2n) is 5.83. The molecule has 0 aliphatic carbocycles. The first-order chi connectivity index (χ1) is 12.5. The van der Waals surface area contributed by atoms with Gasteiger partial charge in [0, 0.05) is 16.9 Å². The van der Waals surface area contributed by atoms with Gasteiger partial charge in [-0.1, -0.05) is 29.8 Å². The van der Waals surface area contributed by atoms with Crippen LogP contribution >= 0.6 is 11.6 Å². The first-order valence-corrected chi connectivity index (χ1v) is 8.41. The molecule has 0 aliphatic rings. The minimum Gasteiger partial charge on any atom is -0.316 e. The van der Waals surface area contributed by atoms with Crippen LogP contribution in [0.15, 0.2) is 65.9 Å². The van der Waals surface area contributed by atoms with Gasteiger partial charge in [0.15, 0.2) is 0 Å². The van der Waals surface area contributed by atoms with E-state index >= 15 is 0 Å². The number of carbonyl (C=O) groups excluding carboxylic acids is 1. The number of halogens is 2. The van der Waals surface area contributed by atoms with Gasteiger partial charge in [0.25, 0.3) is 0 Å². The number of amides is 1. The van der Waals surface area contributed by atoms with E-state index in [0.717, 1.165) is 22.5 Å². The van der Waals surface area contributed by atoms with E-state index in [4.69, 9.17) is 11.6 Å². The molecular weight excluding hydrogens is 353 g/mol. The number of nitrogens with one attached hydrogen (secondary N) is 1. The third kappa shape index (κ3) is 4.37. The zero-order chi connectivity index (χ0) is 18.5. The Morgan fingerprint density at radius 2 is 2.00 bits per heavy atom. The lowest BCUT2D eigenvalue weighted by Gasteiger charge is -2.08. The molecule has 1 amide bonds. The quantitative estimate of drug-likeness (QED) is 0.529. The molecule has 0 bridgehead atoms. The number of hydrogen-bond donors (Lipinski definition) is 1. The SMILES string of the molecule is Cc1ccc(-n2cccc2/C=N/NC(=O)Cc2ccc(F)cc2)cc1Cl. The molecule has 0 saturated heterocycles. The van der Waals surface area contributed by atoms with Crippen LogP contribution in [-0.4, -0.2) is 16.7 Å². The monoisotopic (exact) mass is 369 g/mol. The Hall–Kier alpha value is -2.92. The van der Waals surface area contributed by atoms with E-state index in [-0.39, 0.29) is 18.1 Å². The van der Waals surface area contributed by atoms with Gasteiger partial charge in [0.2, 0.25) is 5.91 Å². The third-order valence-corrected chi connectivity index (χ3v) is 4.29. The average molecular weight is 370 g/mol. The van der Waals surface area contributed by atoms with Crippen molar-refractivity contribution in [2.75, 3.05) is 0 Å². The van der Waals surface area contributed by atoms with Crippen molar-refractivity contribution in [2.45, 2.75) is 13.3 Å². The van der Waals surface area contributed by atoms with E-state index in [9.17, 15) is 9.18 Å². The average Bonchev–Trinajstić information content (AvgIpc) is 3.08. The van der Waals surface area contributed by atoms with Crippen LogP contribution < -0.4 is 5.43 Å². The Morgan fingerprint density at radius 3 is 2.73 bits per heavy atom. The van der Waals surface area contributed by atoms with Crippen molar-refractivity contribution in [1.29, 1.82) is 0 Å². The minimum absolute atomic E-state index is 0.131. The van der Waals surface area contributed by atoms with Crippen molar-refractivity contribution in [2.24, 2.45) is 5.10 Å². The standard InChI is InChI=1S/C20H17ClFN3O/c1-14-4-9-17(12-19(14)21)25-10-2-3-18(25)13-23-24-20(26)11-15-5-7-16(22)8-6-15/h2-10,12-13H,11H2,1H3,(H,24,26)/b23-13+. The highest BCUT2D eigenvalue weighted by atomic mass is 35.5. The molecule has 0 saturated carbocycles. The summed E-state index contributed by atoms with van der Waals surface area (Å²) in [4.78, 5) is 11.9. The number of benzene rings is 2. The summed E-state index contributed by atoms with van der Waals surface area (Å²) in [6.45, 7) is 1.95. The second-order valence-corrected chi connectivity index (χ2v) is 6.24. The molecule has 0 aliphatic heterocycles. The summed E-state index contributed by atoms with van der Waals surface area (Å²) < 4.78 is 14.8. The van der Waals surface area contributed by atoms with Gasteiger partial charge in [-0.05, 0) is 54.4 Å². The maximum Gasteiger partial charge on any atom is 0.244 e. The minimum atomic E-state index is -0.329. The molecule has 6 heteroatoms. The normalized spacial score (nSPS) is 11.0. The highest BCUT2D eigenvalue weighted by Crippen LogP contribution is 2.20. The van der Waals surface area contributed by atoms with Gasteiger partial charge >= 0.3 is 0 Å². The van der Waals surface area contributed by atoms with E-state index in [1.807, 2.05) is 48.0 Å². The fourth-order valence-corrected chi connectivity index (χ4v) is 2.64. The molecule has 1 N–H and O–H groups in total. The molecule has 0 spiro atoms. The molecule has 132 valence electrons. The largest absolute Gasteiger partial charge is 0.316 e. The Balaban J connectivity index is 1.66. The van der Waals surface area contributed by atoms with Gasteiger partial charge in [-0.15, -0.1) is 0 Å².